The molecule has 3 aromatic rings. The number of nitriles is 1. The molecule has 2 heterocycles. The Hall–Kier alpha value is -3.44. The Bertz CT molecular complexity index is 989. The Balaban J connectivity index is 1.48. The highest BCUT2D eigenvalue weighted by atomic mass is 16.3. The van der Waals surface area contributed by atoms with Crippen LogP contribution in [-0.4, -0.2) is 37.0 Å². The van der Waals surface area contributed by atoms with Gasteiger partial charge in [0.25, 0.3) is 0 Å². The molecule has 0 radical (unpaired) electrons. The van der Waals surface area contributed by atoms with Crippen molar-refractivity contribution in [3.63, 3.8) is 0 Å². The summed E-state index contributed by atoms with van der Waals surface area (Å²) < 4.78 is 1.82. The predicted octanol–water partition coefficient (Wildman–Crippen LogP) is 2.86. The van der Waals surface area contributed by atoms with Crippen molar-refractivity contribution in [3.05, 3.63) is 60.0 Å². The van der Waals surface area contributed by atoms with Crippen LogP contribution in [0.2, 0.25) is 0 Å². The SMILES string of the molecule is N#Cc1cnc(NCc2ccccc2-n2cccn2)nc1NC1CCC(O)CC1. The highest BCUT2D eigenvalue weighted by Crippen LogP contribution is 2.23. The summed E-state index contributed by atoms with van der Waals surface area (Å²) in [6, 6.07) is 12.2. The van der Waals surface area contributed by atoms with E-state index in [1.807, 2.05) is 41.2 Å². The summed E-state index contributed by atoms with van der Waals surface area (Å²) in [7, 11) is 0. The van der Waals surface area contributed by atoms with Gasteiger partial charge in [-0.25, -0.2) is 9.67 Å². The van der Waals surface area contributed by atoms with E-state index in [2.05, 4.69) is 31.8 Å². The average Bonchev–Trinajstić information content (AvgIpc) is 3.29. The Kier molecular flexibility index (Phi) is 5.68. The third-order valence-electron chi connectivity index (χ3n) is 5.13. The first-order valence-corrected chi connectivity index (χ1v) is 9.76. The molecule has 4 rings (SSSR count). The smallest absolute Gasteiger partial charge is 0.224 e. The van der Waals surface area contributed by atoms with Crippen LogP contribution < -0.4 is 10.6 Å². The van der Waals surface area contributed by atoms with Crippen LogP contribution in [0.4, 0.5) is 11.8 Å². The van der Waals surface area contributed by atoms with Crippen LogP contribution in [0.15, 0.2) is 48.9 Å². The van der Waals surface area contributed by atoms with E-state index in [4.69, 9.17) is 0 Å². The molecule has 0 unspecified atom stereocenters. The van der Waals surface area contributed by atoms with Crippen molar-refractivity contribution in [2.45, 2.75) is 44.4 Å². The van der Waals surface area contributed by atoms with Gasteiger partial charge in [0.1, 0.15) is 17.5 Å². The fourth-order valence-electron chi connectivity index (χ4n) is 3.54. The second-order valence-corrected chi connectivity index (χ2v) is 7.15. The van der Waals surface area contributed by atoms with E-state index < -0.39 is 0 Å². The number of hydrogen-bond acceptors (Lipinski definition) is 7. The minimum Gasteiger partial charge on any atom is -0.393 e. The maximum Gasteiger partial charge on any atom is 0.224 e. The molecule has 0 amide bonds. The predicted molar refractivity (Wildman–Crippen MR) is 110 cm³/mol. The minimum absolute atomic E-state index is 0.203. The number of aliphatic hydroxyl groups excluding tert-OH is 1. The summed E-state index contributed by atoms with van der Waals surface area (Å²) in [6.45, 7) is 0.525. The highest BCUT2D eigenvalue weighted by molar-refractivity contribution is 5.54. The molecule has 29 heavy (non-hydrogen) atoms. The third-order valence-corrected chi connectivity index (χ3v) is 5.13. The molecule has 0 spiro atoms. The van der Waals surface area contributed by atoms with Crippen molar-refractivity contribution in [1.82, 2.24) is 19.7 Å². The maximum absolute atomic E-state index is 9.69. The lowest BCUT2D eigenvalue weighted by molar-refractivity contribution is 0.126. The van der Waals surface area contributed by atoms with Gasteiger partial charge >= 0.3 is 0 Å². The van der Waals surface area contributed by atoms with Gasteiger partial charge in [-0.3, -0.25) is 0 Å². The van der Waals surface area contributed by atoms with Crippen molar-refractivity contribution in [1.29, 1.82) is 5.26 Å². The first kappa shape index (κ1) is 18.9. The molecule has 0 bridgehead atoms. The van der Waals surface area contributed by atoms with Gasteiger partial charge in [-0.2, -0.15) is 15.3 Å². The number of nitrogens with zero attached hydrogens (tertiary/aromatic N) is 5. The Morgan fingerprint density at radius 1 is 1.17 bits per heavy atom. The van der Waals surface area contributed by atoms with Crippen LogP contribution in [0, 0.1) is 11.3 Å². The molecular weight excluding hydrogens is 366 g/mol. The minimum atomic E-state index is -0.221. The Morgan fingerprint density at radius 2 is 2.00 bits per heavy atom. The van der Waals surface area contributed by atoms with Crippen LogP contribution in [0.5, 0.6) is 0 Å². The van der Waals surface area contributed by atoms with Gasteiger partial charge in [0.15, 0.2) is 0 Å². The number of para-hydroxylation sites is 1. The van der Waals surface area contributed by atoms with E-state index >= 15 is 0 Å². The second kappa shape index (κ2) is 8.71. The first-order chi connectivity index (χ1) is 14.2. The van der Waals surface area contributed by atoms with Crippen LogP contribution in [0.3, 0.4) is 0 Å². The number of rotatable bonds is 6. The lowest BCUT2D eigenvalue weighted by Gasteiger charge is -2.26. The Morgan fingerprint density at radius 3 is 2.76 bits per heavy atom. The monoisotopic (exact) mass is 389 g/mol. The zero-order chi connectivity index (χ0) is 20.1. The van der Waals surface area contributed by atoms with Gasteiger partial charge in [0, 0.05) is 25.0 Å². The van der Waals surface area contributed by atoms with E-state index in [9.17, 15) is 10.4 Å². The van der Waals surface area contributed by atoms with Crippen molar-refractivity contribution < 1.29 is 5.11 Å². The first-order valence-electron chi connectivity index (χ1n) is 9.76. The second-order valence-electron chi connectivity index (χ2n) is 7.15. The largest absolute Gasteiger partial charge is 0.393 e. The molecule has 8 nitrogen and oxygen atoms in total. The molecular formula is C21H23N7O. The number of anilines is 2. The van der Waals surface area contributed by atoms with Gasteiger partial charge < -0.3 is 15.7 Å². The number of nitrogens with one attached hydrogen (secondary N) is 2. The fourth-order valence-corrected chi connectivity index (χ4v) is 3.54. The van der Waals surface area contributed by atoms with E-state index in [1.54, 1.807) is 6.20 Å². The molecule has 1 aliphatic rings. The topological polar surface area (TPSA) is 112 Å². The number of benzene rings is 1. The van der Waals surface area contributed by atoms with Crippen LogP contribution in [-0.2, 0) is 6.54 Å². The van der Waals surface area contributed by atoms with Gasteiger partial charge in [-0.15, -0.1) is 0 Å². The summed E-state index contributed by atoms with van der Waals surface area (Å²) in [5.74, 6) is 0.990. The number of aliphatic hydroxyl groups is 1. The van der Waals surface area contributed by atoms with Crippen LogP contribution in [0.1, 0.15) is 36.8 Å². The summed E-state index contributed by atoms with van der Waals surface area (Å²) in [6.07, 6.45) is 8.21. The molecule has 0 aliphatic heterocycles. The molecule has 0 saturated heterocycles. The molecule has 1 fully saturated rings. The van der Waals surface area contributed by atoms with Crippen molar-refractivity contribution >= 4 is 11.8 Å². The van der Waals surface area contributed by atoms with E-state index in [0.717, 1.165) is 36.9 Å². The van der Waals surface area contributed by atoms with E-state index in [1.165, 1.54) is 6.20 Å². The summed E-state index contributed by atoms with van der Waals surface area (Å²) in [5.41, 5.74) is 2.45. The summed E-state index contributed by atoms with van der Waals surface area (Å²) >= 11 is 0. The van der Waals surface area contributed by atoms with E-state index in [-0.39, 0.29) is 12.1 Å². The molecule has 1 aliphatic carbocycles. The number of aromatic nitrogens is 4. The van der Waals surface area contributed by atoms with Crippen molar-refractivity contribution in [3.8, 4) is 11.8 Å². The van der Waals surface area contributed by atoms with Crippen LogP contribution in [0.25, 0.3) is 5.69 Å². The van der Waals surface area contributed by atoms with Gasteiger partial charge in [0.2, 0.25) is 5.95 Å². The van der Waals surface area contributed by atoms with Gasteiger partial charge in [-0.1, -0.05) is 18.2 Å². The molecule has 1 aromatic carbocycles. The van der Waals surface area contributed by atoms with Crippen LogP contribution >= 0.6 is 0 Å². The molecule has 8 heteroatoms. The molecule has 148 valence electrons. The maximum atomic E-state index is 9.69. The van der Waals surface area contributed by atoms with Crippen molar-refractivity contribution in [2.24, 2.45) is 0 Å². The summed E-state index contributed by atoms with van der Waals surface area (Å²) in [4.78, 5) is 8.80. The normalized spacial score (nSPS) is 18.8. The molecule has 2 aromatic heterocycles. The summed E-state index contributed by atoms with van der Waals surface area (Å²) in [5, 5.41) is 30.0. The third kappa shape index (κ3) is 4.52. The zero-order valence-corrected chi connectivity index (χ0v) is 16.0. The quantitative estimate of drug-likeness (QED) is 0.594. The lowest BCUT2D eigenvalue weighted by atomic mass is 9.93. The lowest BCUT2D eigenvalue weighted by Crippen LogP contribution is -2.29. The molecule has 1 saturated carbocycles. The Labute approximate surface area is 169 Å². The van der Waals surface area contributed by atoms with E-state index in [0.29, 0.717) is 23.9 Å². The fraction of sp³-hybridized carbons (Fsp3) is 0.333. The standard InChI is InChI=1S/C21H23N7O/c22-12-16-14-24-21(27-20(16)26-17-6-8-18(29)9-7-17)23-13-15-4-1-2-5-19(15)28-11-3-10-25-28/h1-5,10-11,14,17-18,29H,6-9,13H2,(H2,23,24,26,27). The van der Waals surface area contributed by atoms with Gasteiger partial charge in [-0.05, 0) is 43.4 Å². The molecule has 3 N–H and O–H groups in total. The van der Waals surface area contributed by atoms with Gasteiger partial charge in [0.05, 0.1) is 18.0 Å². The van der Waals surface area contributed by atoms with Crippen molar-refractivity contribution in [2.75, 3.05) is 10.6 Å². The zero-order valence-electron chi connectivity index (χ0n) is 16.0. The average molecular weight is 389 g/mol. The number of hydrogen-bond donors (Lipinski definition) is 3. The highest BCUT2D eigenvalue weighted by Gasteiger charge is 2.21. The molecule has 0 atom stereocenters.